The summed E-state index contributed by atoms with van der Waals surface area (Å²) in [5.41, 5.74) is 0. The van der Waals surface area contributed by atoms with Crippen LogP contribution in [0, 0.1) is 0 Å². The van der Waals surface area contributed by atoms with Gasteiger partial charge in [-0.05, 0) is 27.7 Å². The molecule has 40 heavy (non-hydrogen) atoms. The fourth-order valence-corrected chi connectivity index (χ4v) is 11.4. The summed E-state index contributed by atoms with van der Waals surface area (Å²) in [6.45, 7) is 20.2. The van der Waals surface area contributed by atoms with E-state index in [1.807, 2.05) is 27.7 Å². The van der Waals surface area contributed by atoms with E-state index < -0.39 is 29.5 Å². The van der Waals surface area contributed by atoms with Crippen molar-refractivity contribution in [2.45, 2.75) is 27.7 Å². The third-order valence-corrected chi connectivity index (χ3v) is 13.2. The summed E-state index contributed by atoms with van der Waals surface area (Å²) in [7, 11) is -11.4. The lowest BCUT2D eigenvalue weighted by Crippen LogP contribution is -2.46. The minimum Gasteiger partial charge on any atom is -0.328 e. The van der Waals surface area contributed by atoms with Crippen molar-refractivity contribution in [2.24, 2.45) is 0 Å². The summed E-state index contributed by atoms with van der Waals surface area (Å²) in [6, 6.07) is 0. The topological polar surface area (TPSA) is 118 Å². The molecule has 0 aromatic carbocycles. The summed E-state index contributed by atoms with van der Waals surface area (Å²) in [4.78, 5) is 8.47. The monoisotopic (exact) mass is 652 g/mol. The second-order valence-corrected chi connectivity index (χ2v) is 21.0. The molecule has 4 atom stereocenters. The van der Waals surface area contributed by atoms with Gasteiger partial charge in [0.1, 0.15) is 0 Å². The molecule has 0 saturated carbocycles. The van der Waals surface area contributed by atoms with E-state index in [4.69, 9.17) is 18.1 Å². The molecule has 0 aliphatic carbocycles. The van der Waals surface area contributed by atoms with Crippen molar-refractivity contribution in [1.29, 1.82) is 0 Å². The highest BCUT2D eigenvalue weighted by Crippen LogP contribution is 2.46. The zero-order valence-corrected chi connectivity index (χ0v) is 29.7. The summed E-state index contributed by atoms with van der Waals surface area (Å²) >= 11 is 0. The Labute approximate surface area is 243 Å². The molecule has 4 unspecified atom stereocenters. The normalized spacial score (nSPS) is 24.2. The summed E-state index contributed by atoms with van der Waals surface area (Å²) in [5, 5.41) is 0. The highest BCUT2D eigenvalue weighted by atomic mass is 31.2. The van der Waals surface area contributed by atoms with Crippen LogP contribution in [0.2, 0.25) is 0 Å². The molecule has 16 heteroatoms. The van der Waals surface area contributed by atoms with Crippen molar-refractivity contribution in [3.05, 3.63) is 0 Å². The highest BCUT2D eigenvalue weighted by Gasteiger charge is 2.28. The van der Waals surface area contributed by atoms with Gasteiger partial charge < -0.3 is 18.1 Å². The van der Waals surface area contributed by atoms with Crippen LogP contribution in [0.3, 0.4) is 0 Å². The van der Waals surface area contributed by atoms with Gasteiger partial charge in [0.15, 0.2) is 0 Å². The van der Waals surface area contributed by atoms with Crippen molar-refractivity contribution in [2.75, 3.05) is 131 Å². The van der Waals surface area contributed by atoms with Crippen LogP contribution in [0.1, 0.15) is 27.7 Å². The molecule has 240 valence electrons. The van der Waals surface area contributed by atoms with Gasteiger partial charge in [0, 0.05) is 79.0 Å². The van der Waals surface area contributed by atoms with Gasteiger partial charge in [0.2, 0.25) is 29.5 Å². The Morgan fingerprint density at radius 1 is 0.400 bits per heavy atom. The Morgan fingerprint density at radius 3 is 0.675 bits per heavy atom. The van der Waals surface area contributed by atoms with E-state index >= 15 is 0 Å². The van der Waals surface area contributed by atoms with Crippen molar-refractivity contribution in [1.82, 2.24) is 19.6 Å². The molecule has 0 aromatic heterocycles. The summed E-state index contributed by atoms with van der Waals surface area (Å²) in [5.74, 6) is 0. The fraction of sp³-hybridized carbons (Fsp3) is 1.00. The Morgan fingerprint density at radius 2 is 0.550 bits per heavy atom. The molecule has 12 nitrogen and oxygen atoms in total. The maximum absolute atomic E-state index is 13.1. The minimum absolute atomic E-state index is 0.298. The molecule has 0 N–H and O–H groups in total. The SMILES string of the molecule is CCOP(C)(=O)CN1CCN(CP(C)(=O)OCC)CCN(CP(C)(=O)OCC)CCN(CP(C)(=O)OCC)CC1. The lowest BCUT2D eigenvalue weighted by molar-refractivity contribution is 0.155. The van der Waals surface area contributed by atoms with Gasteiger partial charge in [-0.15, -0.1) is 0 Å². The average Bonchev–Trinajstić information content (AvgIpc) is 2.80. The molecular formula is C24H56N4O8P4. The van der Waals surface area contributed by atoms with Crippen molar-refractivity contribution >= 4 is 29.5 Å². The smallest absolute Gasteiger partial charge is 0.213 e. The van der Waals surface area contributed by atoms with Crippen LogP contribution in [0.25, 0.3) is 0 Å². The van der Waals surface area contributed by atoms with E-state index in [2.05, 4.69) is 19.6 Å². The Kier molecular flexibility index (Phi) is 17.8. The molecule has 1 fully saturated rings. The first kappa shape index (κ1) is 38.6. The predicted octanol–water partition coefficient (Wildman–Crippen LogP) is 4.82. The van der Waals surface area contributed by atoms with Crippen LogP contribution in [0.5, 0.6) is 0 Å². The maximum Gasteiger partial charge on any atom is 0.213 e. The second kappa shape index (κ2) is 18.4. The lowest BCUT2D eigenvalue weighted by Gasteiger charge is -2.36. The molecule has 0 spiro atoms. The first-order valence-corrected chi connectivity index (χ1v) is 23.3. The number of rotatable bonds is 16. The Bertz CT molecular complexity index is 767. The van der Waals surface area contributed by atoms with Gasteiger partial charge in [-0.1, -0.05) is 0 Å². The molecule has 0 radical (unpaired) electrons. The molecule has 0 bridgehead atoms. The fourth-order valence-electron chi connectivity index (χ4n) is 4.85. The van der Waals surface area contributed by atoms with Gasteiger partial charge in [-0.25, -0.2) is 0 Å². The van der Waals surface area contributed by atoms with E-state index in [1.165, 1.54) is 0 Å². The molecule has 1 aliphatic heterocycles. The van der Waals surface area contributed by atoms with Crippen LogP contribution < -0.4 is 0 Å². The lowest BCUT2D eigenvalue weighted by atomic mass is 10.4. The first-order chi connectivity index (χ1) is 18.6. The number of hydrogen-bond acceptors (Lipinski definition) is 12. The summed E-state index contributed by atoms with van der Waals surface area (Å²) < 4.78 is 74.8. The zero-order valence-electron chi connectivity index (χ0n) is 26.2. The largest absolute Gasteiger partial charge is 0.328 e. The van der Waals surface area contributed by atoms with E-state index in [0.717, 1.165) is 0 Å². The quantitative estimate of drug-likeness (QED) is 0.213. The van der Waals surface area contributed by atoms with Crippen LogP contribution >= 0.6 is 29.5 Å². The number of hydrogen-bond donors (Lipinski definition) is 0. The third kappa shape index (κ3) is 17.0. The predicted molar refractivity (Wildman–Crippen MR) is 166 cm³/mol. The maximum atomic E-state index is 13.1. The second-order valence-electron chi connectivity index (χ2n) is 10.8. The highest BCUT2D eigenvalue weighted by molar-refractivity contribution is 7.58. The Balaban J connectivity index is 3.27. The minimum atomic E-state index is -2.85. The van der Waals surface area contributed by atoms with Gasteiger partial charge in [0.25, 0.3) is 0 Å². The van der Waals surface area contributed by atoms with Gasteiger partial charge in [-0.2, -0.15) is 0 Å². The van der Waals surface area contributed by atoms with Crippen molar-refractivity contribution < 1.29 is 36.4 Å². The molecule has 1 rings (SSSR count). The Hall–Kier alpha value is 0.600. The average molecular weight is 653 g/mol. The van der Waals surface area contributed by atoms with Crippen molar-refractivity contribution in [3.8, 4) is 0 Å². The van der Waals surface area contributed by atoms with Crippen LogP contribution in [-0.4, -0.2) is 150 Å². The van der Waals surface area contributed by atoms with Crippen LogP contribution in [0.4, 0.5) is 0 Å². The molecule has 1 heterocycles. The summed E-state index contributed by atoms with van der Waals surface area (Å²) in [6.07, 6.45) is 1.19. The van der Waals surface area contributed by atoms with E-state index in [1.54, 1.807) is 26.7 Å². The molecule has 1 aliphatic rings. The zero-order chi connectivity index (χ0) is 30.5. The molecule has 0 aromatic rings. The van der Waals surface area contributed by atoms with E-state index in [-0.39, 0.29) is 0 Å². The van der Waals surface area contributed by atoms with Gasteiger partial charge in [0.05, 0.1) is 51.6 Å². The molecule has 1 saturated heterocycles. The number of nitrogens with zero attached hydrogens (tertiary/aromatic N) is 4. The van der Waals surface area contributed by atoms with Crippen LogP contribution in [0.15, 0.2) is 0 Å². The van der Waals surface area contributed by atoms with Crippen molar-refractivity contribution in [3.63, 3.8) is 0 Å². The molecule has 0 amide bonds. The van der Waals surface area contributed by atoms with Gasteiger partial charge >= 0.3 is 0 Å². The van der Waals surface area contributed by atoms with Crippen LogP contribution in [-0.2, 0) is 36.4 Å². The molecular weight excluding hydrogens is 596 g/mol. The standard InChI is InChI=1S/C24H56N4O8P4/c1-9-33-37(5,29)21-25-13-15-26(22-38(6,30)34-10-2)17-19-28(24-40(8,32)36-12-4)20-18-27(16-14-25)23-39(7,31)35-11-3/h9-24H2,1-8H3. The van der Waals surface area contributed by atoms with E-state index in [0.29, 0.717) is 104 Å². The first-order valence-electron chi connectivity index (χ1n) is 14.3. The third-order valence-electron chi connectivity index (χ3n) is 6.37. The van der Waals surface area contributed by atoms with Gasteiger partial charge in [-0.3, -0.25) is 37.9 Å². The van der Waals surface area contributed by atoms with E-state index in [9.17, 15) is 18.3 Å².